The highest BCUT2D eigenvalue weighted by molar-refractivity contribution is 7.99. The number of nitrogens with one attached hydrogen (secondary N) is 2. The van der Waals surface area contributed by atoms with Crippen molar-refractivity contribution in [2.24, 2.45) is 11.3 Å². The maximum atomic E-state index is 15.0. The van der Waals surface area contributed by atoms with Crippen molar-refractivity contribution in [3.05, 3.63) is 75.4 Å². The smallest absolute Gasteiger partial charge is 0.333 e. The molecule has 8 aliphatic heterocycles. The predicted molar refractivity (Wildman–Crippen MR) is 207 cm³/mol. The van der Waals surface area contributed by atoms with Gasteiger partial charge in [-0.3, -0.25) is 19.9 Å². The van der Waals surface area contributed by atoms with Gasteiger partial charge in [-0.25, -0.2) is 4.79 Å². The number of para-hydroxylation sites is 1. The van der Waals surface area contributed by atoms with Crippen molar-refractivity contribution in [2.75, 3.05) is 39.9 Å². The van der Waals surface area contributed by atoms with Gasteiger partial charge in [0.2, 0.25) is 6.79 Å². The zero-order valence-electron chi connectivity index (χ0n) is 32.6. The third-order valence-electron chi connectivity index (χ3n) is 13.8. The Hall–Kier alpha value is -4.21. The molecule has 0 amide bonds. The lowest BCUT2D eigenvalue weighted by Gasteiger charge is -2.62. The highest BCUT2D eigenvalue weighted by atomic mass is 32.2. The fraction of sp³-hybridized carbons (Fsp3) is 0.524. The quantitative estimate of drug-likeness (QED) is 0.203. The van der Waals surface area contributed by atoms with Crippen LogP contribution in [0.4, 0.5) is 0 Å². The van der Waals surface area contributed by atoms with Gasteiger partial charge in [0.1, 0.15) is 23.8 Å². The number of nitrogens with zero attached hydrogens (tertiary/aromatic N) is 2. The van der Waals surface area contributed by atoms with Crippen molar-refractivity contribution in [1.29, 1.82) is 0 Å². The SMILES string of the molecule is COC1=C(O)C2(C)C(C=C1C)CC1(O)CN(C)C2[C@@H]2[C@@H]3SC[C@]4(N[C@H](C)Cc5c4[nH]c4ccccc54)C(=O)OC[C@@H](c4c5c(c(C)c(OC(C)=O)c43)OCO5)N21. The van der Waals surface area contributed by atoms with E-state index in [1.54, 1.807) is 18.9 Å². The summed E-state index contributed by atoms with van der Waals surface area (Å²) in [5, 5.41) is 30.0. The zero-order chi connectivity index (χ0) is 39.2. The third kappa shape index (κ3) is 4.58. The number of aromatic amines is 1. The average Bonchev–Trinajstić information content (AvgIpc) is 3.76. The molecule has 5 unspecified atom stereocenters. The first-order valence-electron chi connectivity index (χ1n) is 19.4. The van der Waals surface area contributed by atoms with Crippen LogP contribution < -0.4 is 19.5 Å². The van der Waals surface area contributed by atoms with Crippen molar-refractivity contribution in [1.82, 2.24) is 20.1 Å². The number of thioether (sulfide) groups is 1. The fourth-order valence-electron chi connectivity index (χ4n) is 11.8. The molecule has 9 aliphatic rings. The summed E-state index contributed by atoms with van der Waals surface area (Å²) in [6, 6.07) is 6.41. The van der Waals surface area contributed by atoms with E-state index in [1.165, 1.54) is 6.92 Å². The van der Waals surface area contributed by atoms with Crippen LogP contribution >= 0.6 is 11.8 Å². The summed E-state index contributed by atoms with van der Waals surface area (Å²) in [5.41, 5.74) is 2.03. The second kappa shape index (κ2) is 12.2. The second-order valence-corrected chi connectivity index (χ2v) is 18.2. The normalized spacial score (nSPS) is 37.0. The van der Waals surface area contributed by atoms with Gasteiger partial charge in [-0.2, -0.15) is 0 Å². The topological polar surface area (TPSA) is 155 Å². The number of methoxy groups -OCH3 is 1. The first-order valence-corrected chi connectivity index (χ1v) is 20.5. The van der Waals surface area contributed by atoms with Gasteiger partial charge in [0.15, 0.2) is 22.8 Å². The molecule has 14 heteroatoms. The standard InChI is InChI=1S/C42H48N4O9S/c1-19-12-23-14-41(50)16-45(6)37(40(23,5)38(48)31(19)51-7)30-35-29-28(34-33(53-18-54-34)21(3)32(29)55-22(4)47)27(46(30)41)15-52-39(49)42(17-56-35)36-25(13-20(2)44-42)24-10-8-9-11-26(24)43-36/h8-12,20,23,27,30,35,37,43-44,48,50H,13-18H2,1-7H3/t20-,23?,27+,30+,35-,37?,40?,41?,42-/m1/s1. The summed E-state index contributed by atoms with van der Waals surface area (Å²) in [4.78, 5) is 36.0. The molecule has 1 aliphatic carbocycles. The number of fused-ring (bicyclic) bond motifs is 8. The summed E-state index contributed by atoms with van der Waals surface area (Å²) in [6.07, 6.45) is 3.14. The minimum Gasteiger partial charge on any atom is -0.508 e. The molecule has 4 saturated heterocycles. The Morgan fingerprint density at radius 2 is 1.89 bits per heavy atom. The van der Waals surface area contributed by atoms with Crippen LogP contribution in [0.25, 0.3) is 10.9 Å². The van der Waals surface area contributed by atoms with Crippen LogP contribution in [0.3, 0.4) is 0 Å². The number of piperazine rings is 1. The van der Waals surface area contributed by atoms with E-state index in [9.17, 15) is 15.0 Å². The number of hydrogen-bond donors (Lipinski definition) is 4. The number of carbonyl (C=O) groups excluding carboxylic acids is 2. The van der Waals surface area contributed by atoms with E-state index < -0.39 is 52.0 Å². The number of likely N-dealkylation sites (N-methyl/N-ethyl adjacent to an activating group) is 1. The number of aliphatic hydroxyl groups excluding tert-OH is 1. The van der Waals surface area contributed by atoms with Crippen LogP contribution in [0, 0.1) is 18.3 Å². The maximum Gasteiger partial charge on any atom is 0.333 e. The number of allylic oxidation sites excluding steroid dienone is 2. The summed E-state index contributed by atoms with van der Waals surface area (Å²) >= 11 is 1.57. The van der Waals surface area contributed by atoms with Gasteiger partial charge >= 0.3 is 11.9 Å². The molecule has 9 heterocycles. The first kappa shape index (κ1) is 36.2. The molecule has 0 saturated carbocycles. The molecule has 10 atom stereocenters. The number of carbonyl (C=O) groups is 2. The van der Waals surface area contributed by atoms with E-state index in [1.807, 2.05) is 39.1 Å². The van der Waals surface area contributed by atoms with E-state index in [4.69, 9.17) is 23.7 Å². The number of benzene rings is 2. The van der Waals surface area contributed by atoms with Gasteiger partial charge in [-0.1, -0.05) is 31.2 Å². The van der Waals surface area contributed by atoms with Gasteiger partial charge in [-0.15, -0.1) is 11.8 Å². The summed E-state index contributed by atoms with van der Waals surface area (Å²) in [5.74, 6) is 0.967. The van der Waals surface area contributed by atoms with E-state index >= 15 is 4.79 Å². The fourth-order valence-corrected chi connectivity index (χ4v) is 13.4. The number of aromatic nitrogens is 1. The molecule has 56 heavy (non-hydrogen) atoms. The second-order valence-electron chi connectivity index (χ2n) is 17.0. The van der Waals surface area contributed by atoms with Crippen LogP contribution in [0.5, 0.6) is 17.2 Å². The lowest BCUT2D eigenvalue weighted by molar-refractivity contribution is -0.216. The number of rotatable bonds is 2. The molecule has 1 aromatic heterocycles. The number of aliphatic hydroxyl groups is 2. The van der Waals surface area contributed by atoms with Crippen LogP contribution in [0.15, 0.2) is 47.4 Å². The molecule has 3 aromatic rings. The maximum absolute atomic E-state index is 15.0. The molecule has 1 spiro atoms. The Bertz CT molecular complexity index is 2310. The lowest BCUT2D eigenvalue weighted by Crippen LogP contribution is -2.73. The van der Waals surface area contributed by atoms with Crippen molar-refractivity contribution in [3.8, 4) is 17.2 Å². The summed E-state index contributed by atoms with van der Waals surface area (Å²) < 4.78 is 31.0. The monoisotopic (exact) mass is 784 g/mol. The van der Waals surface area contributed by atoms with Crippen molar-refractivity contribution in [2.45, 2.75) is 88.1 Å². The predicted octanol–water partition coefficient (Wildman–Crippen LogP) is 5.02. The minimum absolute atomic E-state index is 0.0354. The van der Waals surface area contributed by atoms with Crippen LogP contribution in [0.2, 0.25) is 0 Å². The van der Waals surface area contributed by atoms with Gasteiger partial charge in [0, 0.05) is 64.9 Å². The Morgan fingerprint density at radius 1 is 1.12 bits per heavy atom. The van der Waals surface area contributed by atoms with Crippen LogP contribution in [-0.2, 0) is 31.0 Å². The van der Waals surface area contributed by atoms with Crippen molar-refractivity contribution >= 4 is 34.6 Å². The van der Waals surface area contributed by atoms with Crippen LogP contribution in [-0.4, -0.2) is 101 Å². The van der Waals surface area contributed by atoms with Crippen molar-refractivity contribution < 1.29 is 43.5 Å². The van der Waals surface area contributed by atoms with Crippen LogP contribution in [0.1, 0.15) is 73.4 Å². The number of ether oxygens (including phenoxy) is 5. The minimum atomic E-state index is -1.45. The Morgan fingerprint density at radius 3 is 2.66 bits per heavy atom. The molecule has 4 bridgehead atoms. The molecule has 0 radical (unpaired) electrons. The third-order valence-corrected chi connectivity index (χ3v) is 15.3. The average molecular weight is 785 g/mol. The lowest BCUT2D eigenvalue weighted by atomic mass is 9.63. The van der Waals surface area contributed by atoms with E-state index in [0.717, 1.165) is 39.7 Å². The van der Waals surface area contributed by atoms with Gasteiger partial charge in [0.25, 0.3) is 0 Å². The number of H-pyrrole nitrogens is 1. The highest BCUT2D eigenvalue weighted by Crippen LogP contribution is 2.66. The van der Waals surface area contributed by atoms with E-state index in [2.05, 4.69) is 46.1 Å². The molecular weight excluding hydrogens is 737 g/mol. The van der Waals surface area contributed by atoms with Gasteiger partial charge < -0.3 is 38.9 Å². The molecule has 4 fully saturated rings. The summed E-state index contributed by atoms with van der Waals surface area (Å²) in [6.45, 7) is 9.44. The Labute approximate surface area is 329 Å². The van der Waals surface area contributed by atoms with E-state index in [-0.39, 0.29) is 43.4 Å². The Balaban J connectivity index is 1.25. The van der Waals surface area contributed by atoms with Gasteiger partial charge in [-0.05, 0) is 63.8 Å². The zero-order valence-corrected chi connectivity index (χ0v) is 33.5. The Kier molecular flexibility index (Phi) is 7.85. The molecular formula is C42H48N4O9S. The molecule has 4 N–H and O–H groups in total. The highest BCUT2D eigenvalue weighted by Gasteiger charge is 2.69. The molecule has 12 rings (SSSR count). The van der Waals surface area contributed by atoms with Gasteiger partial charge in [0.05, 0.1) is 29.5 Å². The van der Waals surface area contributed by atoms with Crippen molar-refractivity contribution in [3.63, 3.8) is 0 Å². The number of hydrogen-bond acceptors (Lipinski definition) is 13. The first-order chi connectivity index (χ1) is 26.7. The van der Waals surface area contributed by atoms with E-state index in [0.29, 0.717) is 40.6 Å². The molecule has 2 aromatic carbocycles. The number of esters is 2. The summed E-state index contributed by atoms with van der Waals surface area (Å²) in [7, 11) is 3.58. The molecule has 296 valence electrons. The molecule has 13 nitrogen and oxygen atoms in total. The largest absolute Gasteiger partial charge is 0.508 e.